The molecule has 0 spiro atoms. The Bertz CT molecular complexity index is 517. The molecular formula is C18H33NO9. The van der Waals surface area contributed by atoms with E-state index < -0.39 is 74.0 Å². The molecule has 0 bridgehead atoms. The Kier molecular flexibility index (Phi) is 8.17. The SMILES string of the molecule is CC(=O)NC1C(C(C)C)OC(CO)C(O)C1OC1CC(CO)C(O)C(O)C1O. The van der Waals surface area contributed by atoms with Crippen molar-refractivity contribution in [1.82, 2.24) is 5.32 Å². The largest absolute Gasteiger partial charge is 0.396 e. The Morgan fingerprint density at radius 3 is 2.21 bits per heavy atom. The lowest BCUT2D eigenvalue weighted by Crippen LogP contribution is -2.67. The van der Waals surface area contributed by atoms with Gasteiger partial charge in [-0.3, -0.25) is 4.79 Å². The third kappa shape index (κ3) is 4.82. The number of hydrogen-bond donors (Lipinski definition) is 7. The van der Waals surface area contributed by atoms with Gasteiger partial charge < -0.3 is 45.4 Å². The van der Waals surface area contributed by atoms with Crippen LogP contribution in [0.4, 0.5) is 0 Å². The van der Waals surface area contributed by atoms with Gasteiger partial charge >= 0.3 is 0 Å². The van der Waals surface area contributed by atoms with Gasteiger partial charge in [-0.1, -0.05) is 13.8 Å². The molecule has 28 heavy (non-hydrogen) atoms. The molecular weight excluding hydrogens is 374 g/mol. The molecule has 1 saturated carbocycles. The van der Waals surface area contributed by atoms with Crippen LogP contribution >= 0.6 is 0 Å². The minimum absolute atomic E-state index is 0.0445. The standard InChI is InChI=1S/C18H33NO9/c1-7(2)17-12(19-8(3)22)18(15(25)11(6-21)28-17)27-10-4-9(5-20)13(23)16(26)14(10)24/h7,9-18,20-21,23-26H,4-6H2,1-3H3,(H,19,22). The molecule has 1 aliphatic carbocycles. The molecule has 1 amide bonds. The van der Waals surface area contributed by atoms with Crippen molar-refractivity contribution in [3.05, 3.63) is 0 Å². The van der Waals surface area contributed by atoms with Crippen molar-refractivity contribution >= 4 is 5.91 Å². The van der Waals surface area contributed by atoms with Crippen LogP contribution < -0.4 is 5.32 Å². The average molecular weight is 407 g/mol. The second kappa shape index (κ2) is 9.77. The van der Waals surface area contributed by atoms with Gasteiger partial charge in [0, 0.05) is 19.4 Å². The molecule has 0 aromatic carbocycles. The Morgan fingerprint density at radius 2 is 1.71 bits per heavy atom. The van der Waals surface area contributed by atoms with Crippen LogP contribution in [0.3, 0.4) is 0 Å². The van der Waals surface area contributed by atoms with Gasteiger partial charge in [0.05, 0.1) is 31.0 Å². The number of hydrogen-bond acceptors (Lipinski definition) is 9. The third-order valence-corrected chi connectivity index (χ3v) is 5.63. The van der Waals surface area contributed by atoms with E-state index >= 15 is 0 Å². The van der Waals surface area contributed by atoms with E-state index in [1.165, 1.54) is 6.92 Å². The highest BCUT2D eigenvalue weighted by Crippen LogP contribution is 2.33. The van der Waals surface area contributed by atoms with Gasteiger partial charge in [-0.2, -0.15) is 0 Å². The van der Waals surface area contributed by atoms with E-state index in [-0.39, 0.29) is 18.2 Å². The maximum absolute atomic E-state index is 11.7. The summed E-state index contributed by atoms with van der Waals surface area (Å²) in [6.45, 7) is 4.16. The molecule has 1 saturated heterocycles. The van der Waals surface area contributed by atoms with E-state index in [0.717, 1.165) is 0 Å². The number of carbonyl (C=O) groups excluding carboxylic acids is 1. The van der Waals surface area contributed by atoms with E-state index in [1.54, 1.807) is 0 Å². The highest BCUT2D eigenvalue weighted by atomic mass is 16.6. The molecule has 10 nitrogen and oxygen atoms in total. The Labute approximate surface area is 164 Å². The number of aliphatic hydroxyl groups excluding tert-OH is 6. The average Bonchev–Trinajstić information content (AvgIpc) is 2.64. The highest BCUT2D eigenvalue weighted by Gasteiger charge is 2.50. The zero-order valence-electron chi connectivity index (χ0n) is 16.4. The van der Waals surface area contributed by atoms with Crippen molar-refractivity contribution in [3.63, 3.8) is 0 Å². The topological polar surface area (TPSA) is 169 Å². The molecule has 10 atom stereocenters. The minimum atomic E-state index is -1.53. The van der Waals surface area contributed by atoms with Crippen molar-refractivity contribution in [3.8, 4) is 0 Å². The lowest BCUT2D eigenvalue weighted by Gasteiger charge is -2.49. The lowest BCUT2D eigenvalue weighted by atomic mass is 9.80. The number of amides is 1. The summed E-state index contributed by atoms with van der Waals surface area (Å²) >= 11 is 0. The summed E-state index contributed by atoms with van der Waals surface area (Å²) in [7, 11) is 0. The predicted molar refractivity (Wildman–Crippen MR) is 96.1 cm³/mol. The fraction of sp³-hybridized carbons (Fsp3) is 0.944. The van der Waals surface area contributed by atoms with Crippen molar-refractivity contribution in [2.45, 2.75) is 82.1 Å². The first-order valence-corrected chi connectivity index (χ1v) is 9.64. The molecule has 7 N–H and O–H groups in total. The van der Waals surface area contributed by atoms with Gasteiger partial charge in [-0.15, -0.1) is 0 Å². The fourth-order valence-corrected chi connectivity index (χ4v) is 4.06. The molecule has 2 rings (SSSR count). The van der Waals surface area contributed by atoms with E-state index in [4.69, 9.17) is 9.47 Å². The van der Waals surface area contributed by atoms with Crippen LogP contribution in [-0.2, 0) is 14.3 Å². The van der Waals surface area contributed by atoms with Crippen molar-refractivity contribution in [1.29, 1.82) is 0 Å². The van der Waals surface area contributed by atoms with Crippen LogP contribution in [0.15, 0.2) is 0 Å². The third-order valence-electron chi connectivity index (χ3n) is 5.63. The van der Waals surface area contributed by atoms with Crippen LogP contribution in [0, 0.1) is 11.8 Å². The first-order valence-electron chi connectivity index (χ1n) is 9.64. The van der Waals surface area contributed by atoms with Gasteiger partial charge in [0.1, 0.15) is 30.5 Å². The molecule has 1 heterocycles. The summed E-state index contributed by atoms with van der Waals surface area (Å²) in [5, 5.41) is 62.8. The predicted octanol–water partition coefficient (Wildman–Crippen LogP) is -2.88. The van der Waals surface area contributed by atoms with E-state index in [2.05, 4.69) is 5.32 Å². The summed E-state index contributed by atoms with van der Waals surface area (Å²) in [6.07, 6.45) is -9.10. The van der Waals surface area contributed by atoms with Crippen LogP contribution in [0.5, 0.6) is 0 Å². The Balaban J connectivity index is 2.29. The number of rotatable bonds is 6. The number of nitrogens with one attached hydrogen (secondary N) is 1. The summed E-state index contributed by atoms with van der Waals surface area (Å²) in [4.78, 5) is 11.7. The van der Waals surface area contributed by atoms with Crippen molar-refractivity contribution in [2.75, 3.05) is 13.2 Å². The highest BCUT2D eigenvalue weighted by molar-refractivity contribution is 5.73. The number of carbonyl (C=O) groups is 1. The van der Waals surface area contributed by atoms with Crippen molar-refractivity contribution < 1.29 is 44.9 Å². The summed E-state index contributed by atoms with van der Waals surface area (Å²) < 4.78 is 11.7. The monoisotopic (exact) mass is 407 g/mol. The summed E-state index contributed by atoms with van der Waals surface area (Å²) in [6, 6.07) is -0.765. The van der Waals surface area contributed by atoms with Gasteiger partial charge in [0.2, 0.25) is 5.91 Å². The fourth-order valence-electron chi connectivity index (χ4n) is 4.06. The van der Waals surface area contributed by atoms with E-state index in [0.29, 0.717) is 0 Å². The van der Waals surface area contributed by atoms with Gasteiger partial charge in [0.15, 0.2) is 0 Å². The summed E-state index contributed by atoms with van der Waals surface area (Å²) in [5.74, 6) is -1.16. The van der Waals surface area contributed by atoms with Gasteiger partial charge in [-0.25, -0.2) is 0 Å². The van der Waals surface area contributed by atoms with Crippen LogP contribution in [-0.4, -0.2) is 105 Å². The molecule has 0 aromatic heterocycles. The maximum atomic E-state index is 11.7. The first-order chi connectivity index (χ1) is 13.1. The molecule has 0 aromatic rings. The second-order valence-electron chi connectivity index (χ2n) is 8.07. The smallest absolute Gasteiger partial charge is 0.217 e. The van der Waals surface area contributed by atoms with Gasteiger partial charge in [0.25, 0.3) is 0 Å². The van der Waals surface area contributed by atoms with Gasteiger partial charge in [-0.05, 0) is 12.3 Å². The molecule has 10 heteroatoms. The van der Waals surface area contributed by atoms with Crippen LogP contribution in [0.1, 0.15) is 27.2 Å². The second-order valence-corrected chi connectivity index (χ2v) is 8.07. The molecule has 2 fully saturated rings. The maximum Gasteiger partial charge on any atom is 0.217 e. The Hall–Kier alpha value is -0.850. The zero-order valence-corrected chi connectivity index (χ0v) is 16.4. The number of aliphatic hydroxyl groups is 6. The first kappa shape index (κ1) is 23.4. The van der Waals surface area contributed by atoms with E-state index in [9.17, 15) is 35.4 Å². The minimum Gasteiger partial charge on any atom is -0.396 e. The van der Waals surface area contributed by atoms with E-state index in [1.807, 2.05) is 13.8 Å². The number of ether oxygens (including phenoxy) is 2. The van der Waals surface area contributed by atoms with Crippen molar-refractivity contribution in [2.24, 2.45) is 11.8 Å². The summed E-state index contributed by atoms with van der Waals surface area (Å²) in [5.41, 5.74) is 0. The lowest BCUT2D eigenvalue weighted by molar-refractivity contribution is -0.252. The quantitative estimate of drug-likeness (QED) is 0.244. The molecule has 0 radical (unpaired) electrons. The Morgan fingerprint density at radius 1 is 1.07 bits per heavy atom. The van der Waals surface area contributed by atoms with Crippen LogP contribution in [0.2, 0.25) is 0 Å². The molecule has 10 unspecified atom stereocenters. The molecule has 1 aliphatic heterocycles. The molecule has 164 valence electrons. The van der Waals surface area contributed by atoms with Crippen LogP contribution in [0.25, 0.3) is 0 Å². The normalized spacial score (nSPS) is 44.5. The zero-order chi connectivity index (χ0) is 21.2. The molecule has 2 aliphatic rings.